The van der Waals surface area contributed by atoms with E-state index in [1.54, 1.807) is 30.5 Å². The molecule has 7 heteroatoms. The fraction of sp³-hybridized carbons (Fsp3) is 0. The molecule has 0 aliphatic heterocycles. The van der Waals surface area contributed by atoms with Gasteiger partial charge in [0.15, 0.2) is 0 Å². The number of rotatable bonds is 3. The zero-order valence-electron chi connectivity index (χ0n) is 11.0. The molecular weight excluding hydrogens is 327 g/mol. The van der Waals surface area contributed by atoms with Crippen molar-refractivity contribution in [2.45, 2.75) is 0 Å². The number of non-ortho nitro benzene ring substituents is 1. The minimum atomic E-state index is -0.455. The summed E-state index contributed by atoms with van der Waals surface area (Å²) in [6.07, 6.45) is 2.98. The van der Waals surface area contributed by atoms with Crippen LogP contribution in [-0.2, 0) is 0 Å². The lowest BCUT2D eigenvalue weighted by atomic mass is 10.1. The third-order valence-corrected chi connectivity index (χ3v) is 3.60. The van der Waals surface area contributed by atoms with Gasteiger partial charge >= 0.3 is 0 Å². The van der Waals surface area contributed by atoms with Gasteiger partial charge in [-0.15, -0.1) is 0 Å². The molecule has 2 aromatic carbocycles. The number of hydrogen-bond acceptors (Lipinski definition) is 4. The van der Waals surface area contributed by atoms with E-state index < -0.39 is 4.92 Å². The number of nitro groups is 1. The van der Waals surface area contributed by atoms with Gasteiger partial charge in [-0.3, -0.25) is 15.1 Å². The molecule has 0 saturated heterocycles. The molecule has 0 fully saturated rings. The number of aromatic nitrogens is 1. The maximum absolute atomic E-state index is 11.1. The van der Waals surface area contributed by atoms with Crippen LogP contribution in [0, 0.1) is 10.1 Å². The Kier molecular flexibility index (Phi) is 3.83. The van der Waals surface area contributed by atoms with Crippen LogP contribution < -0.4 is 4.74 Å². The first kappa shape index (κ1) is 14.6. The third-order valence-electron chi connectivity index (χ3n) is 3.07. The number of hydrogen-bond donors (Lipinski definition) is 0. The molecule has 0 unspecified atom stereocenters. The zero-order valence-corrected chi connectivity index (χ0v) is 12.5. The largest absolute Gasteiger partial charge is 0.455 e. The SMILES string of the molecule is O=[N+]([O-])c1ccc(Oc2ccc(Cl)cc2Cl)c2ccncc12. The third kappa shape index (κ3) is 2.68. The van der Waals surface area contributed by atoms with Crippen LogP contribution in [0.1, 0.15) is 0 Å². The monoisotopic (exact) mass is 334 g/mol. The molecule has 5 nitrogen and oxygen atoms in total. The van der Waals surface area contributed by atoms with Crippen molar-refractivity contribution < 1.29 is 9.66 Å². The highest BCUT2D eigenvalue weighted by atomic mass is 35.5. The van der Waals surface area contributed by atoms with Crippen LogP contribution in [0.5, 0.6) is 11.5 Å². The summed E-state index contributed by atoms with van der Waals surface area (Å²) in [6.45, 7) is 0. The Hall–Kier alpha value is -2.37. The summed E-state index contributed by atoms with van der Waals surface area (Å²) in [7, 11) is 0. The lowest BCUT2D eigenvalue weighted by molar-refractivity contribution is -0.383. The first-order valence-electron chi connectivity index (χ1n) is 6.20. The number of halogens is 2. The van der Waals surface area contributed by atoms with Crippen molar-refractivity contribution in [2.24, 2.45) is 0 Å². The van der Waals surface area contributed by atoms with Crippen LogP contribution in [0.15, 0.2) is 48.8 Å². The molecule has 1 heterocycles. The predicted octanol–water partition coefficient (Wildman–Crippen LogP) is 5.24. The Bertz CT molecular complexity index is 884. The standard InChI is InChI=1S/C15H8Cl2N2O3/c16-9-1-3-15(12(17)7-9)22-14-4-2-13(19(20)21)11-8-18-6-5-10(11)14/h1-8H. The topological polar surface area (TPSA) is 65.3 Å². The van der Waals surface area contributed by atoms with E-state index >= 15 is 0 Å². The molecule has 0 N–H and O–H groups in total. The van der Waals surface area contributed by atoms with Gasteiger partial charge in [0.2, 0.25) is 0 Å². The van der Waals surface area contributed by atoms with E-state index in [2.05, 4.69) is 4.98 Å². The Morgan fingerprint density at radius 2 is 1.82 bits per heavy atom. The molecule has 0 spiro atoms. The Morgan fingerprint density at radius 1 is 1.05 bits per heavy atom. The van der Waals surface area contributed by atoms with E-state index in [0.717, 1.165) is 0 Å². The van der Waals surface area contributed by atoms with Crippen molar-refractivity contribution in [2.75, 3.05) is 0 Å². The zero-order chi connectivity index (χ0) is 15.7. The van der Waals surface area contributed by atoms with E-state index in [-0.39, 0.29) is 5.69 Å². The first-order chi connectivity index (χ1) is 10.6. The second kappa shape index (κ2) is 5.79. The minimum absolute atomic E-state index is 0.0300. The molecule has 0 aliphatic carbocycles. The van der Waals surface area contributed by atoms with Gasteiger partial charge in [-0.25, -0.2) is 0 Å². The highest BCUT2D eigenvalue weighted by Crippen LogP contribution is 2.37. The van der Waals surface area contributed by atoms with Crippen LogP contribution in [0.4, 0.5) is 5.69 Å². The summed E-state index contributed by atoms with van der Waals surface area (Å²) in [4.78, 5) is 14.6. The summed E-state index contributed by atoms with van der Waals surface area (Å²) in [6, 6.07) is 9.42. The summed E-state index contributed by atoms with van der Waals surface area (Å²) < 4.78 is 5.77. The van der Waals surface area contributed by atoms with E-state index in [4.69, 9.17) is 27.9 Å². The van der Waals surface area contributed by atoms with Crippen molar-refractivity contribution >= 4 is 39.7 Å². The number of nitrogens with zero attached hydrogens (tertiary/aromatic N) is 2. The predicted molar refractivity (Wildman–Crippen MR) is 84.9 cm³/mol. The number of ether oxygens (including phenoxy) is 1. The van der Waals surface area contributed by atoms with Crippen LogP contribution in [0.3, 0.4) is 0 Å². The highest BCUT2D eigenvalue weighted by Gasteiger charge is 2.16. The smallest absolute Gasteiger partial charge is 0.279 e. The maximum atomic E-state index is 11.1. The van der Waals surface area contributed by atoms with Crippen molar-refractivity contribution in [1.29, 1.82) is 0 Å². The van der Waals surface area contributed by atoms with Gasteiger partial charge in [-0.05, 0) is 30.3 Å². The average Bonchev–Trinajstić information content (AvgIpc) is 2.50. The van der Waals surface area contributed by atoms with Crippen LogP contribution in [0.2, 0.25) is 10.0 Å². The molecular formula is C15H8Cl2N2O3. The number of benzene rings is 2. The Labute approximate surface area is 135 Å². The van der Waals surface area contributed by atoms with Crippen molar-refractivity contribution in [3.63, 3.8) is 0 Å². The number of fused-ring (bicyclic) bond motifs is 1. The van der Waals surface area contributed by atoms with Gasteiger partial charge in [0.05, 0.1) is 15.3 Å². The van der Waals surface area contributed by atoms with Crippen LogP contribution in [-0.4, -0.2) is 9.91 Å². The van der Waals surface area contributed by atoms with Crippen molar-refractivity contribution in [1.82, 2.24) is 4.98 Å². The van der Waals surface area contributed by atoms with Gasteiger partial charge in [-0.2, -0.15) is 0 Å². The summed E-state index contributed by atoms with van der Waals surface area (Å²) >= 11 is 11.9. The summed E-state index contributed by atoms with van der Waals surface area (Å²) in [5.74, 6) is 0.866. The van der Waals surface area contributed by atoms with E-state index in [1.165, 1.54) is 18.3 Å². The first-order valence-corrected chi connectivity index (χ1v) is 6.96. The van der Waals surface area contributed by atoms with Gasteiger partial charge in [-0.1, -0.05) is 23.2 Å². The quantitative estimate of drug-likeness (QED) is 0.485. The molecule has 110 valence electrons. The molecule has 1 aromatic heterocycles. The van der Waals surface area contributed by atoms with Crippen LogP contribution >= 0.6 is 23.2 Å². The second-order valence-corrected chi connectivity index (χ2v) is 5.28. The van der Waals surface area contributed by atoms with Gasteiger partial charge in [0.25, 0.3) is 5.69 Å². The van der Waals surface area contributed by atoms with Gasteiger partial charge in [0, 0.05) is 28.9 Å². The lowest BCUT2D eigenvalue weighted by Crippen LogP contribution is -1.93. The fourth-order valence-corrected chi connectivity index (χ4v) is 2.52. The average molecular weight is 335 g/mol. The highest BCUT2D eigenvalue weighted by molar-refractivity contribution is 6.35. The molecule has 22 heavy (non-hydrogen) atoms. The van der Waals surface area contributed by atoms with Gasteiger partial charge < -0.3 is 4.74 Å². The molecule has 0 bridgehead atoms. The molecule has 0 amide bonds. The molecule has 0 saturated carbocycles. The number of pyridine rings is 1. The Balaban J connectivity index is 2.12. The molecule has 0 atom stereocenters. The molecule has 3 rings (SSSR count). The van der Waals surface area contributed by atoms with Crippen LogP contribution in [0.25, 0.3) is 10.8 Å². The number of nitro benzene ring substituents is 1. The lowest BCUT2D eigenvalue weighted by Gasteiger charge is -2.10. The Morgan fingerprint density at radius 3 is 2.55 bits per heavy atom. The summed E-state index contributed by atoms with van der Waals surface area (Å²) in [5, 5.41) is 12.9. The maximum Gasteiger partial charge on any atom is 0.279 e. The molecule has 3 aromatic rings. The normalized spacial score (nSPS) is 10.6. The summed E-state index contributed by atoms with van der Waals surface area (Å²) in [5.41, 5.74) is -0.0300. The van der Waals surface area contributed by atoms with Gasteiger partial charge in [0.1, 0.15) is 11.5 Å². The van der Waals surface area contributed by atoms with E-state index in [9.17, 15) is 10.1 Å². The second-order valence-electron chi connectivity index (χ2n) is 4.44. The van der Waals surface area contributed by atoms with E-state index in [0.29, 0.717) is 32.3 Å². The minimum Gasteiger partial charge on any atom is -0.455 e. The van der Waals surface area contributed by atoms with E-state index in [1.807, 2.05) is 0 Å². The fourth-order valence-electron chi connectivity index (χ4n) is 2.07. The molecule has 0 aliphatic rings. The van der Waals surface area contributed by atoms with Crippen molar-refractivity contribution in [3.8, 4) is 11.5 Å². The molecule has 0 radical (unpaired) electrons. The van der Waals surface area contributed by atoms with Crippen molar-refractivity contribution in [3.05, 3.63) is 69.0 Å².